The second kappa shape index (κ2) is 4.48. The highest BCUT2D eigenvalue weighted by molar-refractivity contribution is 5.75. The molecule has 10 heavy (non-hydrogen) atoms. The maximum atomic E-state index is 10.6. The van der Waals surface area contributed by atoms with E-state index in [4.69, 9.17) is 0 Å². The fourth-order valence-corrected chi connectivity index (χ4v) is 1.38. The molecule has 0 bridgehead atoms. The highest BCUT2D eigenvalue weighted by Crippen LogP contribution is 2.14. The maximum Gasteiger partial charge on any atom is 0.130 e. The Kier molecular flexibility index (Phi) is 4.33. The summed E-state index contributed by atoms with van der Waals surface area (Å²) in [6.45, 7) is 8.19. The number of carbonyl (C=O) groups excluding carboxylic acids is 1. The molecule has 0 rings (SSSR count). The number of hydrogen-bond acceptors (Lipinski definition) is 1. The topological polar surface area (TPSA) is 17.1 Å². The quantitative estimate of drug-likeness (QED) is 0.589. The first-order valence-electron chi connectivity index (χ1n) is 4.01. The van der Waals surface area contributed by atoms with E-state index < -0.39 is 0 Å². The van der Waals surface area contributed by atoms with Gasteiger partial charge in [0.25, 0.3) is 0 Å². The van der Waals surface area contributed by atoms with Gasteiger partial charge in [-0.3, -0.25) is 0 Å². The van der Waals surface area contributed by atoms with Gasteiger partial charge in [0.05, 0.1) is 0 Å². The van der Waals surface area contributed by atoms with Crippen LogP contribution in [0.2, 0.25) is 0 Å². The molecular weight excluding hydrogens is 124 g/mol. The summed E-state index contributed by atoms with van der Waals surface area (Å²) >= 11 is 0. The van der Waals surface area contributed by atoms with Crippen molar-refractivity contribution >= 4 is 5.78 Å². The van der Waals surface area contributed by atoms with Gasteiger partial charge in [-0.25, -0.2) is 0 Å². The summed E-state index contributed by atoms with van der Waals surface area (Å²) in [6, 6.07) is 0. The Balaban J connectivity index is 3.43. The highest BCUT2D eigenvalue weighted by atomic mass is 16.1. The molecule has 0 spiro atoms. The van der Waals surface area contributed by atoms with Crippen LogP contribution < -0.4 is 0 Å². The summed E-state index contributed by atoms with van der Waals surface area (Å²) in [7, 11) is 0. The van der Waals surface area contributed by atoms with Crippen molar-refractivity contribution in [3.05, 3.63) is 0 Å². The van der Waals surface area contributed by atoms with E-state index in [1.54, 1.807) is 6.92 Å². The van der Waals surface area contributed by atoms with Gasteiger partial charge in [-0.15, -0.1) is 0 Å². The van der Waals surface area contributed by atoms with Crippen LogP contribution in [-0.4, -0.2) is 5.78 Å². The summed E-state index contributed by atoms with van der Waals surface area (Å²) in [6.07, 6.45) is 1.91. The number of ketones is 1. The van der Waals surface area contributed by atoms with E-state index in [0.29, 0.717) is 17.6 Å². The van der Waals surface area contributed by atoms with Gasteiger partial charge in [0, 0.05) is 6.42 Å². The van der Waals surface area contributed by atoms with Crippen LogP contribution in [0.3, 0.4) is 0 Å². The molecule has 0 unspecified atom stereocenters. The van der Waals surface area contributed by atoms with Crippen LogP contribution >= 0.6 is 0 Å². The molecule has 0 aromatic heterocycles. The summed E-state index contributed by atoms with van der Waals surface area (Å²) in [5.41, 5.74) is 0. The third-order valence-corrected chi connectivity index (χ3v) is 1.51. The van der Waals surface area contributed by atoms with Gasteiger partial charge < -0.3 is 4.79 Å². The largest absolute Gasteiger partial charge is 0.300 e. The fourth-order valence-electron chi connectivity index (χ4n) is 1.38. The monoisotopic (exact) mass is 142 g/mol. The molecular formula is C9H18O. The van der Waals surface area contributed by atoms with Gasteiger partial charge in [-0.1, -0.05) is 20.8 Å². The van der Waals surface area contributed by atoms with Crippen molar-refractivity contribution in [3.8, 4) is 0 Å². The Morgan fingerprint density at radius 1 is 1.30 bits per heavy atom. The second-order valence-electron chi connectivity index (χ2n) is 3.64. The molecule has 60 valence electrons. The lowest BCUT2D eigenvalue weighted by molar-refractivity contribution is -0.117. The lowest BCUT2D eigenvalue weighted by Crippen LogP contribution is -2.04. The Bertz CT molecular complexity index is 105. The molecule has 0 fully saturated rings. The van der Waals surface area contributed by atoms with E-state index in [1.807, 2.05) is 0 Å². The highest BCUT2D eigenvalue weighted by Gasteiger charge is 2.06. The van der Waals surface area contributed by atoms with Gasteiger partial charge in [-0.2, -0.15) is 0 Å². The van der Waals surface area contributed by atoms with Crippen LogP contribution in [0.1, 0.15) is 40.5 Å². The molecule has 0 aliphatic heterocycles. The predicted molar refractivity (Wildman–Crippen MR) is 43.9 cm³/mol. The molecule has 0 aliphatic carbocycles. The van der Waals surface area contributed by atoms with Gasteiger partial charge >= 0.3 is 0 Å². The standard InChI is InChI=1S/C9H18O/c1-7(2)5-8(3)6-9(4)10/h7-8H,5-6H2,1-4H3/t8-/m1/s1. The molecule has 1 heteroatoms. The van der Waals surface area contributed by atoms with Crippen molar-refractivity contribution in [2.45, 2.75) is 40.5 Å². The van der Waals surface area contributed by atoms with Crippen molar-refractivity contribution in [2.75, 3.05) is 0 Å². The maximum absolute atomic E-state index is 10.6. The van der Waals surface area contributed by atoms with E-state index >= 15 is 0 Å². The third-order valence-electron chi connectivity index (χ3n) is 1.51. The molecule has 0 aromatic carbocycles. The van der Waals surface area contributed by atoms with Crippen molar-refractivity contribution in [2.24, 2.45) is 11.8 Å². The Morgan fingerprint density at radius 2 is 1.80 bits per heavy atom. The molecule has 0 aromatic rings. The molecule has 0 aliphatic rings. The van der Waals surface area contributed by atoms with Crippen molar-refractivity contribution < 1.29 is 4.79 Å². The van der Waals surface area contributed by atoms with Crippen molar-refractivity contribution in [3.63, 3.8) is 0 Å². The summed E-state index contributed by atoms with van der Waals surface area (Å²) < 4.78 is 0. The third kappa shape index (κ3) is 5.80. The number of carbonyl (C=O) groups is 1. The number of Topliss-reactive ketones (excluding diaryl/α,β-unsaturated/α-hetero) is 1. The minimum absolute atomic E-state index is 0.313. The Labute approximate surface area is 63.8 Å². The van der Waals surface area contributed by atoms with Crippen LogP contribution in [0.5, 0.6) is 0 Å². The lowest BCUT2D eigenvalue weighted by Gasteiger charge is -2.10. The molecule has 0 heterocycles. The number of rotatable bonds is 4. The molecule has 0 saturated carbocycles. The smallest absolute Gasteiger partial charge is 0.130 e. The molecule has 0 radical (unpaired) electrons. The van der Waals surface area contributed by atoms with Crippen molar-refractivity contribution in [1.29, 1.82) is 0 Å². The molecule has 0 amide bonds. The molecule has 0 saturated heterocycles. The van der Waals surface area contributed by atoms with Crippen LogP contribution in [0, 0.1) is 11.8 Å². The van der Waals surface area contributed by atoms with Gasteiger partial charge in [0.2, 0.25) is 0 Å². The van der Waals surface area contributed by atoms with Gasteiger partial charge in [0.1, 0.15) is 5.78 Å². The average Bonchev–Trinajstić information content (AvgIpc) is 1.58. The zero-order chi connectivity index (χ0) is 8.15. The van der Waals surface area contributed by atoms with E-state index in [1.165, 1.54) is 6.42 Å². The Hall–Kier alpha value is -0.330. The minimum Gasteiger partial charge on any atom is -0.300 e. The summed E-state index contributed by atoms with van der Waals surface area (Å²) in [4.78, 5) is 10.6. The first kappa shape index (κ1) is 9.67. The number of hydrogen-bond donors (Lipinski definition) is 0. The average molecular weight is 142 g/mol. The SMILES string of the molecule is CC(=O)C[C@H](C)CC(C)C. The van der Waals surface area contributed by atoms with E-state index in [2.05, 4.69) is 20.8 Å². The second-order valence-corrected chi connectivity index (χ2v) is 3.64. The van der Waals surface area contributed by atoms with Crippen LogP contribution in [0.25, 0.3) is 0 Å². The van der Waals surface area contributed by atoms with Gasteiger partial charge in [-0.05, 0) is 25.2 Å². The van der Waals surface area contributed by atoms with Crippen LogP contribution in [-0.2, 0) is 4.79 Å². The molecule has 0 N–H and O–H groups in total. The van der Waals surface area contributed by atoms with Crippen LogP contribution in [0.4, 0.5) is 0 Å². The zero-order valence-corrected chi connectivity index (χ0v) is 7.48. The Morgan fingerprint density at radius 3 is 2.10 bits per heavy atom. The first-order chi connectivity index (χ1) is 4.52. The minimum atomic E-state index is 0.313. The fraction of sp³-hybridized carbons (Fsp3) is 0.889. The summed E-state index contributed by atoms with van der Waals surface area (Å²) in [5.74, 6) is 1.60. The van der Waals surface area contributed by atoms with Crippen molar-refractivity contribution in [1.82, 2.24) is 0 Å². The normalized spacial score (nSPS) is 13.7. The predicted octanol–water partition coefficient (Wildman–Crippen LogP) is 2.65. The van der Waals surface area contributed by atoms with Gasteiger partial charge in [0.15, 0.2) is 0 Å². The van der Waals surface area contributed by atoms with Crippen LogP contribution in [0.15, 0.2) is 0 Å². The molecule has 1 nitrogen and oxygen atoms in total. The van der Waals surface area contributed by atoms with E-state index in [9.17, 15) is 4.79 Å². The zero-order valence-electron chi connectivity index (χ0n) is 7.48. The summed E-state index contributed by atoms with van der Waals surface area (Å²) in [5, 5.41) is 0. The first-order valence-corrected chi connectivity index (χ1v) is 4.01. The molecule has 1 atom stereocenters. The van der Waals surface area contributed by atoms with E-state index in [-0.39, 0.29) is 0 Å². The van der Waals surface area contributed by atoms with E-state index in [0.717, 1.165) is 6.42 Å². The lowest BCUT2D eigenvalue weighted by atomic mass is 9.95.